The molecule has 3 heterocycles. The van der Waals surface area contributed by atoms with Crippen molar-refractivity contribution in [2.75, 3.05) is 12.4 Å². The third-order valence-electron chi connectivity index (χ3n) is 3.56. The van der Waals surface area contributed by atoms with E-state index in [0.717, 1.165) is 17.0 Å². The Morgan fingerprint density at radius 1 is 1.40 bits per heavy atom. The second kappa shape index (κ2) is 7.91. The number of anilines is 1. The number of methoxy groups -OCH3 is 1. The first-order chi connectivity index (χ1) is 12.2. The first-order valence-electron chi connectivity index (χ1n) is 7.67. The molecule has 130 valence electrons. The lowest BCUT2D eigenvalue weighted by Crippen LogP contribution is -2.16. The first kappa shape index (κ1) is 17.1. The van der Waals surface area contributed by atoms with Crippen molar-refractivity contribution >= 4 is 23.2 Å². The Bertz CT molecular complexity index is 831. The Morgan fingerprint density at radius 3 is 3.04 bits per heavy atom. The fraction of sp³-hybridized carbons (Fsp3) is 0.235. The van der Waals surface area contributed by atoms with Crippen LogP contribution in [0.4, 0.5) is 10.6 Å². The van der Waals surface area contributed by atoms with Crippen molar-refractivity contribution in [2.24, 2.45) is 0 Å². The Kier molecular flexibility index (Phi) is 5.42. The van der Waals surface area contributed by atoms with Crippen LogP contribution in [0.2, 0.25) is 0 Å². The molecule has 0 aliphatic rings. The highest BCUT2D eigenvalue weighted by Gasteiger charge is 2.15. The lowest BCUT2D eigenvalue weighted by atomic mass is 10.0. The maximum absolute atomic E-state index is 12.0. The van der Waals surface area contributed by atoms with E-state index in [-0.39, 0.29) is 5.92 Å². The molecule has 3 aromatic heterocycles. The molecule has 0 fully saturated rings. The molecule has 3 rings (SSSR count). The zero-order chi connectivity index (χ0) is 17.6. The summed E-state index contributed by atoms with van der Waals surface area (Å²) in [4.78, 5) is 16.3. The van der Waals surface area contributed by atoms with E-state index in [9.17, 15) is 4.79 Å². The molecule has 1 atom stereocenters. The highest BCUT2D eigenvalue weighted by Crippen LogP contribution is 2.25. The molecule has 7 nitrogen and oxygen atoms in total. The average Bonchev–Trinajstić information content (AvgIpc) is 3.25. The summed E-state index contributed by atoms with van der Waals surface area (Å²) in [6.45, 7) is 2.50. The Morgan fingerprint density at radius 2 is 2.28 bits per heavy atom. The number of aromatic nitrogens is 3. The summed E-state index contributed by atoms with van der Waals surface area (Å²) in [6.07, 6.45) is 1.16. The van der Waals surface area contributed by atoms with Crippen LogP contribution in [0.15, 0.2) is 41.9 Å². The van der Waals surface area contributed by atoms with Crippen LogP contribution in [-0.4, -0.2) is 28.4 Å². The zero-order valence-corrected chi connectivity index (χ0v) is 14.7. The van der Waals surface area contributed by atoms with Crippen molar-refractivity contribution < 1.29 is 14.3 Å². The van der Waals surface area contributed by atoms with E-state index in [0.29, 0.717) is 17.5 Å². The fourth-order valence-electron chi connectivity index (χ4n) is 2.28. The van der Waals surface area contributed by atoms with Gasteiger partial charge in [0.15, 0.2) is 10.9 Å². The van der Waals surface area contributed by atoms with Gasteiger partial charge in [0.05, 0.1) is 6.61 Å². The number of rotatable bonds is 6. The first-order valence-corrected chi connectivity index (χ1v) is 8.55. The summed E-state index contributed by atoms with van der Waals surface area (Å²) in [7, 11) is 1.62. The number of thiophene rings is 1. The molecular formula is C17H18N4O3S. The number of amides is 1. The number of nitrogens with zero attached hydrogens (tertiary/aromatic N) is 2. The summed E-state index contributed by atoms with van der Waals surface area (Å²) < 4.78 is 10.3. The van der Waals surface area contributed by atoms with Crippen LogP contribution in [0.5, 0.6) is 5.06 Å². The van der Waals surface area contributed by atoms with Gasteiger partial charge in [-0.1, -0.05) is 13.0 Å². The topological polar surface area (TPSA) is 89.1 Å². The van der Waals surface area contributed by atoms with E-state index in [1.807, 2.05) is 30.5 Å². The molecule has 3 aromatic rings. The van der Waals surface area contributed by atoms with Crippen molar-refractivity contribution in [3.8, 4) is 5.06 Å². The highest BCUT2D eigenvalue weighted by atomic mass is 32.1. The van der Waals surface area contributed by atoms with Gasteiger partial charge in [-0.3, -0.25) is 15.4 Å². The lowest BCUT2D eigenvalue weighted by Gasteiger charge is -2.07. The van der Waals surface area contributed by atoms with E-state index in [1.54, 1.807) is 25.4 Å². The van der Waals surface area contributed by atoms with Crippen LogP contribution in [0.1, 0.15) is 29.8 Å². The van der Waals surface area contributed by atoms with Gasteiger partial charge in [0, 0.05) is 42.1 Å². The van der Waals surface area contributed by atoms with Crippen LogP contribution >= 0.6 is 11.3 Å². The third kappa shape index (κ3) is 4.43. The second-order valence-corrected chi connectivity index (χ2v) is 6.28. The summed E-state index contributed by atoms with van der Waals surface area (Å²) >= 11 is 1.34. The van der Waals surface area contributed by atoms with Gasteiger partial charge in [-0.2, -0.15) is 5.10 Å². The van der Waals surface area contributed by atoms with Crippen molar-refractivity contribution in [1.82, 2.24) is 15.2 Å². The van der Waals surface area contributed by atoms with Crippen LogP contribution in [0.3, 0.4) is 0 Å². The van der Waals surface area contributed by atoms with E-state index >= 15 is 0 Å². The summed E-state index contributed by atoms with van der Waals surface area (Å²) in [6, 6.07) is 9.29. The Balaban J connectivity index is 1.59. The molecule has 8 heteroatoms. The molecule has 0 aliphatic heterocycles. The summed E-state index contributed by atoms with van der Waals surface area (Å²) in [5.74, 6) is 0.436. The molecule has 2 N–H and O–H groups in total. The van der Waals surface area contributed by atoms with Crippen molar-refractivity contribution in [1.29, 1.82) is 0 Å². The number of H-pyrrole nitrogens is 1. The number of hydrogen-bond donors (Lipinski definition) is 2. The predicted octanol–water partition coefficient (Wildman–Crippen LogP) is 3.78. The number of hydrogen-bond acceptors (Lipinski definition) is 6. The van der Waals surface area contributed by atoms with E-state index < -0.39 is 6.09 Å². The Labute approximate surface area is 149 Å². The van der Waals surface area contributed by atoms with Crippen LogP contribution in [-0.2, 0) is 11.3 Å². The van der Waals surface area contributed by atoms with Gasteiger partial charge in [0.25, 0.3) is 0 Å². The van der Waals surface area contributed by atoms with E-state index in [2.05, 4.69) is 20.5 Å². The SMILES string of the molecule is COCc1csc(OC(=O)Nc2cc(C(C)c3ccccn3)[nH]n2)c1. The smallest absolute Gasteiger partial charge is 0.399 e. The van der Waals surface area contributed by atoms with Gasteiger partial charge in [-0.15, -0.1) is 11.3 Å². The maximum Gasteiger partial charge on any atom is 0.419 e. The predicted molar refractivity (Wildman–Crippen MR) is 95.0 cm³/mol. The normalized spacial score (nSPS) is 11.9. The lowest BCUT2D eigenvalue weighted by molar-refractivity contribution is 0.185. The van der Waals surface area contributed by atoms with Gasteiger partial charge in [0.2, 0.25) is 0 Å². The minimum atomic E-state index is -0.589. The molecule has 0 aromatic carbocycles. The second-order valence-electron chi connectivity index (χ2n) is 5.41. The largest absolute Gasteiger partial charge is 0.419 e. The molecule has 25 heavy (non-hydrogen) atoms. The monoisotopic (exact) mass is 358 g/mol. The van der Waals surface area contributed by atoms with E-state index in [4.69, 9.17) is 9.47 Å². The molecule has 1 amide bonds. The molecule has 0 aliphatic carbocycles. The number of pyridine rings is 1. The van der Waals surface area contributed by atoms with Gasteiger partial charge < -0.3 is 9.47 Å². The average molecular weight is 358 g/mol. The van der Waals surface area contributed by atoms with E-state index in [1.165, 1.54) is 11.3 Å². The van der Waals surface area contributed by atoms with Gasteiger partial charge >= 0.3 is 6.09 Å². The minimum absolute atomic E-state index is 0.0363. The van der Waals surface area contributed by atoms with Crippen LogP contribution in [0, 0.1) is 0 Å². The molecule has 0 spiro atoms. The zero-order valence-electron chi connectivity index (χ0n) is 13.9. The van der Waals surface area contributed by atoms with Crippen LogP contribution in [0.25, 0.3) is 0 Å². The van der Waals surface area contributed by atoms with Gasteiger partial charge in [-0.25, -0.2) is 4.79 Å². The molecule has 0 bridgehead atoms. The quantitative estimate of drug-likeness (QED) is 0.700. The number of nitrogens with one attached hydrogen (secondary N) is 2. The standard InChI is InChI=1S/C17H18N4O3S/c1-11(13-5-3-4-6-18-13)14-8-15(21-20-14)19-17(22)24-16-7-12(9-23-2)10-25-16/h3-8,10-11H,9H2,1-2H3,(H2,19,20,21,22). The summed E-state index contributed by atoms with van der Waals surface area (Å²) in [5.41, 5.74) is 2.73. The maximum atomic E-state index is 12.0. The molecule has 0 radical (unpaired) electrons. The fourth-order valence-corrected chi connectivity index (χ4v) is 3.03. The van der Waals surface area contributed by atoms with Crippen molar-refractivity contribution in [2.45, 2.75) is 19.4 Å². The number of ether oxygens (including phenoxy) is 2. The summed E-state index contributed by atoms with van der Waals surface area (Å²) in [5, 5.41) is 12.0. The number of carbonyl (C=O) groups is 1. The third-order valence-corrected chi connectivity index (χ3v) is 4.41. The molecule has 1 unspecified atom stereocenters. The van der Waals surface area contributed by atoms with Gasteiger partial charge in [0.1, 0.15) is 0 Å². The van der Waals surface area contributed by atoms with Crippen molar-refractivity contribution in [3.05, 3.63) is 58.9 Å². The Hall–Kier alpha value is -2.71. The van der Waals surface area contributed by atoms with Crippen LogP contribution < -0.4 is 10.1 Å². The highest BCUT2D eigenvalue weighted by molar-refractivity contribution is 7.12. The number of aromatic amines is 1. The molecule has 0 saturated heterocycles. The van der Waals surface area contributed by atoms with Gasteiger partial charge in [-0.05, 0) is 23.8 Å². The van der Waals surface area contributed by atoms with Crippen molar-refractivity contribution in [3.63, 3.8) is 0 Å². The minimum Gasteiger partial charge on any atom is -0.399 e. The molecule has 0 saturated carbocycles. The molecular weight excluding hydrogens is 340 g/mol. The number of carbonyl (C=O) groups excluding carboxylic acids is 1.